The molecule has 0 radical (unpaired) electrons. The Labute approximate surface area is 150 Å². The second-order valence-electron chi connectivity index (χ2n) is 6.91. The van der Waals surface area contributed by atoms with Crippen molar-refractivity contribution in [2.75, 3.05) is 0 Å². The highest BCUT2D eigenvalue weighted by Crippen LogP contribution is 2.30. The van der Waals surface area contributed by atoms with Crippen molar-refractivity contribution in [3.8, 4) is 0 Å². The summed E-state index contributed by atoms with van der Waals surface area (Å²) in [6.07, 6.45) is 0.852. The smallest absolute Gasteiger partial charge is 0.402 e. The molecule has 1 aromatic rings. The molecule has 1 aliphatic carbocycles. The quantitative estimate of drug-likeness (QED) is 0.599. The standard InChI is InChI=1S/C17H23F3N4S/c1-16(2,3)25-24-14-6-4-5-13(21)12(14)10-23-11-7-8-22-15(9-11)17(18,19)20/h7-10,14,24H,4-6,21H2,1-3H3. The fraction of sp³-hybridized carbons (Fsp3) is 0.529. The minimum atomic E-state index is -4.48. The molecule has 0 aliphatic heterocycles. The third-order valence-electron chi connectivity index (χ3n) is 3.58. The second-order valence-corrected chi connectivity index (χ2v) is 8.58. The Hall–Kier alpha value is -1.54. The molecule has 1 aliphatic rings. The van der Waals surface area contributed by atoms with Crippen molar-refractivity contribution in [3.05, 3.63) is 35.3 Å². The first-order chi connectivity index (χ1) is 11.6. The van der Waals surface area contributed by atoms with Crippen LogP contribution in [0.3, 0.4) is 0 Å². The van der Waals surface area contributed by atoms with E-state index in [2.05, 4.69) is 35.5 Å². The third kappa shape index (κ3) is 6.04. The van der Waals surface area contributed by atoms with E-state index in [9.17, 15) is 13.2 Å². The molecule has 1 atom stereocenters. The van der Waals surface area contributed by atoms with Crippen molar-refractivity contribution < 1.29 is 13.2 Å². The van der Waals surface area contributed by atoms with Crippen molar-refractivity contribution in [1.82, 2.24) is 9.71 Å². The van der Waals surface area contributed by atoms with E-state index in [1.807, 2.05) is 0 Å². The van der Waals surface area contributed by atoms with Crippen molar-refractivity contribution in [1.29, 1.82) is 0 Å². The van der Waals surface area contributed by atoms with Crippen LogP contribution in [0.25, 0.3) is 0 Å². The average Bonchev–Trinajstić information content (AvgIpc) is 2.50. The van der Waals surface area contributed by atoms with E-state index in [-0.39, 0.29) is 16.5 Å². The second kappa shape index (κ2) is 7.78. The van der Waals surface area contributed by atoms with Gasteiger partial charge in [0.25, 0.3) is 0 Å². The summed E-state index contributed by atoms with van der Waals surface area (Å²) in [5.41, 5.74) is 6.94. The third-order valence-corrected chi connectivity index (χ3v) is 4.59. The summed E-state index contributed by atoms with van der Waals surface area (Å²) < 4.78 is 41.7. The van der Waals surface area contributed by atoms with Gasteiger partial charge in [0.1, 0.15) is 5.69 Å². The number of hydrogen-bond donors (Lipinski definition) is 2. The number of halogens is 3. The fourth-order valence-corrected chi connectivity index (χ4v) is 3.10. The first-order valence-corrected chi connectivity index (χ1v) is 8.87. The van der Waals surface area contributed by atoms with Crippen LogP contribution in [0.1, 0.15) is 45.7 Å². The van der Waals surface area contributed by atoms with Crippen LogP contribution in [-0.2, 0) is 6.18 Å². The van der Waals surface area contributed by atoms with Gasteiger partial charge in [0.05, 0.1) is 5.69 Å². The van der Waals surface area contributed by atoms with Crippen molar-refractivity contribution in [2.45, 2.75) is 57.0 Å². The Bertz CT molecular complexity index is 663. The van der Waals surface area contributed by atoms with Gasteiger partial charge in [0.2, 0.25) is 0 Å². The van der Waals surface area contributed by atoms with Gasteiger partial charge in [-0.05, 0) is 52.2 Å². The number of allylic oxidation sites excluding steroid dienone is 1. The number of pyridine rings is 1. The lowest BCUT2D eigenvalue weighted by Crippen LogP contribution is -2.34. The number of hydrogen-bond acceptors (Lipinski definition) is 5. The van der Waals surface area contributed by atoms with Crippen LogP contribution < -0.4 is 10.5 Å². The lowest BCUT2D eigenvalue weighted by molar-refractivity contribution is -0.141. The number of nitrogens with one attached hydrogen (secondary N) is 1. The Morgan fingerprint density at radius 1 is 1.36 bits per heavy atom. The molecule has 1 heterocycles. The Balaban J connectivity index is 2.19. The zero-order valence-corrected chi connectivity index (χ0v) is 15.3. The molecule has 1 unspecified atom stereocenters. The van der Waals surface area contributed by atoms with E-state index in [0.717, 1.165) is 42.8 Å². The maximum atomic E-state index is 12.7. The van der Waals surface area contributed by atoms with E-state index in [1.165, 1.54) is 6.07 Å². The van der Waals surface area contributed by atoms with Gasteiger partial charge in [0.15, 0.2) is 0 Å². The average molecular weight is 372 g/mol. The predicted molar refractivity (Wildman–Crippen MR) is 96.7 cm³/mol. The molecule has 4 nitrogen and oxygen atoms in total. The van der Waals surface area contributed by atoms with E-state index < -0.39 is 11.9 Å². The molecule has 0 amide bonds. The van der Waals surface area contributed by atoms with Gasteiger partial charge in [0, 0.05) is 34.5 Å². The summed E-state index contributed by atoms with van der Waals surface area (Å²) in [5.74, 6) is 0. The molecule has 0 fully saturated rings. The predicted octanol–water partition coefficient (Wildman–Crippen LogP) is 4.60. The maximum Gasteiger partial charge on any atom is 0.433 e. The van der Waals surface area contributed by atoms with Gasteiger partial charge in [-0.3, -0.25) is 14.7 Å². The summed E-state index contributed by atoms with van der Waals surface area (Å²) in [6, 6.07) is 2.41. The van der Waals surface area contributed by atoms with Crippen molar-refractivity contribution in [3.63, 3.8) is 0 Å². The zero-order chi connectivity index (χ0) is 18.7. The van der Waals surface area contributed by atoms with Crippen LogP contribution in [0.5, 0.6) is 0 Å². The molecule has 0 saturated carbocycles. The van der Waals surface area contributed by atoms with Crippen LogP contribution in [0.15, 0.2) is 34.6 Å². The molecule has 0 saturated heterocycles. The SMILES string of the molecule is CC(C)(C)SNC1CCCC(N)=C1C=Nc1ccnc(C(F)(F)F)c1. The monoisotopic (exact) mass is 372 g/mol. The summed E-state index contributed by atoms with van der Waals surface area (Å²) in [4.78, 5) is 7.54. The molecule has 0 spiro atoms. The van der Waals surface area contributed by atoms with Gasteiger partial charge < -0.3 is 5.73 Å². The molecule has 8 heteroatoms. The molecule has 1 aromatic heterocycles. The summed E-state index contributed by atoms with van der Waals surface area (Å²) in [5, 5.41) is 0. The molecular formula is C17H23F3N4S. The number of rotatable bonds is 4. The number of alkyl halides is 3. The van der Waals surface area contributed by atoms with Crippen LogP contribution in [0.4, 0.5) is 18.9 Å². The molecule has 3 N–H and O–H groups in total. The van der Waals surface area contributed by atoms with E-state index in [0.29, 0.717) is 0 Å². The summed E-state index contributed by atoms with van der Waals surface area (Å²) in [6.45, 7) is 6.30. The fourth-order valence-electron chi connectivity index (χ4n) is 2.36. The van der Waals surface area contributed by atoms with E-state index in [4.69, 9.17) is 5.73 Å². The number of aliphatic imine (C=N–C) groups is 1. The van der Waals surface area contributed by atoms with E-state index in [1.54, 1.807) is 18.2 Å². The Kier molecular flexibility index (Phi) is 6.16. The highest BCUT2D eigenvalue weighted by molar-refractivity contribution is 7.98. The molecule has 0 bridgehead atoms. The number of nitrogens with two attached hydrogens (primary N) is 1. The summed E-state index contributed by atoms with van der Waals surface area (Å²) >= 11 is 1.61. The first kappa shape index (κ1) is 19.8. The van der Waals surface area contributed by atoms with Crippen LogP contribution in [-0.4, -0.2) is 22.0 Å². The van der Waals surface area contributed by atoms with Gasteiger partial charge in [-0.1, -0.05) is 11.9 Å². The minimum Gasteiger partial charge on any atom is -0.402 e. The topological polar surface area (TPSA) is 63.3 Å². The van der Waals surface area contributed by atoms with Crippen LogP contribution in [0.2, 0.25) is 0 Å². The number of nitrogens with zero attached hydrogens (tertiary/aromatic N) is 2. The highest BCUT2D eigenvalue weighted by atomic mass is 32.2. The first-order valence-electron chi connectivity index (χ1n) is 8.05. The largest absolute Gasteiger partial charge is 0.433 e. The lowest BCUT2D eigenvalue weighted by Gasteiger charge is -2.28. The Morgan fingerprint density at radius 2 is 2.08 bits per heavy atom. The number of aromatic nitrogens is 1. The van der Waals surface area contributed by atoms with Gasteiger partial charge in [-0.2, -0.15) is 13.2 Å². The normalized spacial score (nSPS) is 19.7. The van der Waals surface area contributed by atoms with Crippen LogP contribution >= 0.6 is 11.9 Å². The molecule has 138 valence electrons. The molecule has 25 heavy (non-hydrogen) atoms. The van der Waals surface area contributed by atoms with Crippen molar-refractivity contribution in [2.24, 2.45) is 10.7 Å². The van der Waals surface area contributed by atoms with E-state index >= 15 is 0 Å². The van der Waals surface area contributed by atoms with Gasteiger partial charge >= 0.3 is 6.18 Å². The maximum absolute atomic E-state index is 12.7. The Morgan fingerprint density at radius 3 is 2.72 bits per heavy atom. The molecular weight excluding hydrogens is 349 g/mol. The van der Waals surface area contributed by atoms with Gasteiger partial charge in [-0.15, -0.1) is 0 Å². The van der Waals surface area contributed by atoms with Crippen molar-refractivity contribution >= 4 is 23.8 Å². The zero-order valence-electron chi connectivity index (χ0n) is 14.5. The summed E-state index contributed by atoms with van der Waals surface area (Å²) in [7, 11) is 0. The molecule has 2 rings (SSSR count). The lowest BCUT2D eigenvalue weighted by atomic mass is 9.93. The van der Waals surface area contributed by atoms with Gasteiger partial charge in [-0.25, -0.2) is 0 Å². The highest BCUT2D eigenvalue weighted by Gasteiger charge is 2.32. The van der Waals surface area contributed by atoms with Crippen LogP contribution in [0, 0.1) is 0 Å². The molecule has 0 aromatic carbocycles. The minimum absolute atomic E-state index is 0.0330.